The fraction of sp³-hybridized carbons (Fsp3) is 0.373. The summed E-state index contributed by atoms with van der Waals surface area (Å²) in [5.74, 6) is -0.575. The molecule has 5 aromatic carbocycles. The van der Waals surface area contributed by atoms with Crippen LogP contribution in [0.5, 0.6) is 23.0 Å². The number of aryl methyl sites for hydroxylation is 2. The first-order valence-corrected chi connectivity index (χ1v) is 21.2. The van der Waals surface area contributed by atoms with Crippen molar-refractivity contribution in [1.29, 1.82) is 0 Å². The smallest absolute Gasteiger partial charge is 0.347 e. The fourth-order valence-corrected chi connectivity index (χ4v) is 7.09. The Morgan fingerprint density at radius 3 is 1.55 bits per heavy atom. The molecular formula is C51H60O7. The van der Waals surface area contributed by atoms with Crippen molar-refractivity contribution in [2.75, 3.05) is 0 Å². The molecule has 0 heterocycles. The van der Waals surface area contributed by atoms with Gasteiger partial charge in [-0.25, -0.2) is 9.59 Å². The lowest BCUT2D eigenvalue weighted by atomic mass is 9.98. The van der Waals surface area contributed by atoms with Crippen LogP contribution in [0.1, 0.15) is 139 Å². The predicted octanol–water partition coefficient (Wildman–Crippen LogP) is 13.1. The summed E-state index contributed by atoms with van der Waals surface area (Å²) in [5, 5.41) is 11.0. The topological polar surface area (TPSA) is 91.3 Å². The standard InChI is InChI=1S/C51H60O7/c1-3-4-5-6-7-8-9-10-11-12-13-14-24-31-43-33-44(55-36-40-25-18-15-19-26-40)35-47(56-37-41-27-20-16-21-28-41)49(43)51(54)58-45-32-39(2)48(46(52)34-45)50(53)57-38-42-29-22-17-23-30-42/h15-23,25-30,32-35,52H,3-14,24,31,36-38H2,1-2H3. The first-order chi connectivity index (χ1) is 28.4. The molecule has 0 unspecified atom stereocenters. The average molecular weight is 785 g/mol. The molecule has 0 radical (unpaired) electrons. The number of unbranched alkanes of at least 4 members (excludes halogenated alkanes) is 12. The van der Waals surface area contributed by atoms with Gasteiger partial charge in [0.2, 0.25) is 0 Å². The number of benzene rings is 5. The Hall–Kier alpha value is -5.56. The molecule has 0 saturated heterocycles. The zero-order valence-electron chi connectivity index (χ0n) is 34.4. The van der Waals surface area contributed by atoms with Crippen LogP contribution in [0.4, 0.5) is 0 Å². The Kier molecular flexibility index (Phi) is 18.2. The summed E-state index contributed by atoms with van der Waals surface area (Å²) < 4.78 is 24.2. The first-order valence-electron chi connectivity index (χ1n) is 21.2. The second kappa shape index (κ2) is 24.3. The van der Waals surface area contributed by atoms with Gasteiger partial charge in [0.25, 0.3) is 0 Å². The molecule has 306 valence electrons. The molecule has 0 aromatic heterocycles. The number of esters is 2. The van der Waals surface area contributed by atoms with E-state index in [1.165, 1.54) is 70.3 Å². The number of carbonyl (C=O) groups excluding carboxylic acids is 2. The largest absolute Gasteiger partial charge is 0.507 e. The Morgan fingerprint density at radius 2 is 1.02 bits per heavy atom. The summed E-state index contributed by atoms with van der Waals surface area (Å²) in [6.07, 6.45) is 16.8. The van der Waals surface area contributed by atoms with Crippen molar-refractivity contribution in [3.63, 3.8) is 0 Å². The van der Waals surface area contributed by atoms with Crippen LogP contribution >= 0.6 is 0 Å². The normalized spacial score (nSPS) is 10.9. The number of phenolic OH excluding ortho intramolecular Hbond substituents is 1. The number of carbonyl (C=O) groups is 2. The second-order valence-electron chi connectivity index (χ2n) is 15.1. The molecule has 0 aliphatic heterocycles. The van der Waals surface area contributed by atoms with Crippen LogP contribution in [0.15, 0.2) is 115 Å². The third kappa shape index (κ3) is 14.4. The summed E-state index contributed by atoms with van der Waals surface area (Å²) in [6.45, 7) is 4.59. The molecule has 0 spiro atoms. The van der Waals surface area contributed by atoms with Gasteiger partial charge in [0.05, 0.1) is 0 Å². The highest BCUT2D eigenvalue weighted by Gasteiger charge is 2.24. The number of hydrogen-bond donors (Lipinski definition) is 1. The van der Waals surface area contributed by atoms with Crippen molar-refractivity contribution in [1.82, 2.24) is 0 Å². The highest BCUT2D eigenvalue weighted by Crippen LogP contribution is 2.35. The Balaban J connectivity index is 1.31. The summed E-state index contributed by atoms with van der Waals surface area (Å²) in [7, 11) is 0. The molecule has 5 rings (SSSR count). The highest BCUT2D eigenvalue weighted by molar-refractivity contribution is 5.97. The highest BCUT2D eigenvalue weighted by atomic mass is 16.5. The van der Waals surface area contributed by atoms with E-state index >= 15 is 0 Å². The summed E-state index contributed by atoms with van der Waals surface area (Å²) >= 11 is 0. The molecule has 7 nitrogen and oxygen atoms in total. The Bertz CT molecular complexity index is 1950. The van der Waals surface area contributed by atoms with Gasteiger partial charge in [0.1, 0.15) is 53.9 Å². The van der Waals surface area contributed by atoms with E-state index in [1.54, 1.807) is 19.1 Å². The lowest BCUT2D eigenvalue weighted by molar-refractivity contribution is 0.0468. The van der Waals surface area contributed by atoms with E-state index in [1.807, 2.05) is 97.1 Å². The molecule has 0 aliphatic rings. The van der Waals surface area contributed by atoms with Gasteiger partial charge in [-0.15, -0.1) is 0 Å². The zero-order chi connectivity index (χ0) is 40.8. The molecule has 58 heavy (non-hydrogen) atoms. The molecule has 0 atom stereocenters. The number of ether oxygens (including phenoxy) is 4. The maximum Gasteiger partial charge on any atom is 0.347 e. The van der Waals surface area contributed by atoms with Crippen molar-refractivity contribution < 1.29 is 33.6 Å². The minimum Gasteiger partial charge on any atom is -0.507 e. The third-order valence-corrected chi connectivity index (χ3v) is 10.3. The maximum absolute atomic E-state index is 14.3. The van der Waals surface area contributed by atoms with Crippen LogP contribution < -0.4 is 14.2 Å². The minimum atomic E-state index is -0.667. The molecule has 0 bridgehead atoms. The molecule has 0 saturated carbocycles. The number of phenols is 1. The fourth-order valence-electron chi connectivity index (χ4n) is 7.09. The van der Waals surface area contributed by atoms with Crippen LogP contribution in [0.25, 0.3) is 0 Å². The predicted molar refractivity (Wildman–Crippen MR) is 231 cm³/mol. The van der Waals surface area contributed by atoms with E-state index < -0.39 is 11.9 Å². The van der Waals surface area contributed by atoms with Crippen molar-refractivity contribution in [3.05, 3.63) is 154 Å². The zero-order valence-corrected chi connectivity index (χ0v) is 34.4. The van der Waals surface area contributed by atoms with Crippen molar-refractivity contribution >= 4 is 11.9 Å². The molecule has 0 aliphatic carbocycles. The molecule has 0 fully saturated rings. The van der Waals surface area contributed by atoms with Crippen LogP contribution in [-0.2, 0) is 31.0 Å². The molecular weight excluding hydrogens is 725 g/mol. The minimum absolute atomic E-state index is 0.0191. The SMILES string of the molecule is CCCCCCCCCCCCCCCc1cc(OCc2ccccc2)cc(OCc2ccccc2)c1C(=O)Oc1cc(C)c(C(=O)OCc2ccccc2)c(O)c1. The van der Waals surface area contributed by atoms with Gasteiger partial charge >= 0.3 is 11.9 Å². The van der Waals surface area contributed by atoms with Crippen molar-refractivity contribution in [3.8, 4) is 23.0 Å². The Labute approximate surface area is 345 Å². The molecule has 1 N–H and O–H groups in total. The van der Waals surface area contributed by atoms with Crippen molar-refractivity contribution in [2.24, 2.45) is 0 Å². The lowest BCUT2D eigenvalue weighted by Crippen LogP contribution is -2.15. The third-order valence-electron chi connectivity index (χ3n) is 10.3. The van der Waals surface area contributed by atoms with E-state index in [-0.39, 0.29) is 30.3 Å². The van der Waals surface area contributed by atoms with Crippen LogP contribution in [-0.4, -0.2) is 17.0 Å². The first kappa shape index (κ1) is 43.6. The van der Waals surface area contributed by atoms with Gasteiger partial charge < -0.3 is 24.1 Å². The summed E-state index contributed by atoms with van der Waals surface area (Å²) in [5.41, 5.74) is 4.32. The van der Waals surface area contributed by atoms with Crippen LogP contribution in [0.2, 0.25) is 0 Å². The quantitative estimate of drug-likeness (QED) is 0.0358. The summed E-state index contributed by atoms with van der Waals surface area (Å²) in [4.78, 5) is 27.3. The number of rotatable bonds is 25. The van der Waals surface area contributed by atoms with Gasteiger partial charge in [-0.05, 0) is 59.7 Å². The lowest BCUT2D eigenvalue weighted by Gasteiger charge is -2.18. The molecule has 7 heteroatoms. The van der Waals surface area contributed by atoms with Crippen LogP contribution in [0.3, 0.4) is 0 Å². The van der Waals surface area contributed by atoms with Gasteiger partial charge in [0.15, 0.2) is 0 Å². The van der Waals surface area contributed by atoms with Crippen LogP contribution in [0, 0.1) is 6.92 Å². The molecule has 0 amide bonds. The summed E-state index contributed by atoms with van der Waals surface area (Å²) in [6, 6.07) is 35.6. The number of aromatic hydroxyl groups is 1. The monoisotopic (exact) mass is 784 g/mol. The maximum atomic E-state index is 14.3. The molecule has 5 aromatic rings. The van der Waals surface area contributed by atoms with Gasteiger partial charge in [-0.2, -0.15) is 0 Å². The van der Waals surface area contributed by atoms with E-state index in [9.17, 15) is 14.7 Å². The average Bonchev–Trinajstić information content (AvgIpc) is 3.23. The Morgan fingerprint density at radius 1 is 0.517 bits per heavy atom. The van der Waals surface area contributed by atoms with Gasteiger partial charge in [-0.3, -0.25) is 0 Å². The van der Waals surface area contributed by atoms with E-state index in [2.05, 4.69) is 6.92 Å². The van der Waals surface area contributed by atoms with Gasteiger partial charge in [-0.1, -0.05) is 175 Å². The second-order valence-corrected chi connectivity index (χ2v) is 15.1. The van der Waals surface area contributed by atoms with E-state index in [4.69, 9.17) is 18.9 Å². The van der Waals surface area contributed by atoms with E-state index in [0.717, 1.165) is 41.5 Å². The van der Waals surface area contributed by atoms with E-state index in [0.29, 0.717) is 35.7 Å². The van der Waals surface area contributed by atoms with Gasteiger partial charge in [0, 0.05) is 12.1 Å². The van der Waals surface area contributed by atoms with Crippen molar-refractivity contribution in [2.45, 2.75) is 124 Å². The number of hydrogen-bond acceptors (Lipinski definition) is 7.